The van der Waals surface area contributed by atoms with Gasteiger partial charge in [0.2, 0.25) is 0 Å². The Labute approximate surface area is 86.9 Å². The van der Waals surface area contributed by atoms with Gasteiger partial charge in [-0.3, -0.25) is 0 Å². The zero-order valence-electron chi connectivity index (χ0n) is 9.47. The van der Waals surface area contributed by atoms with E-state index in [-0.39, 0.29) is 11.2 Å². The molecule has 1 nitrogen and oxygen atoms in total. The minimum absolute atomic E-state index is 0.265. The van der Waals surface area contributed by atoms with Crippen molar-refractivity contribution in [1.29, 1.82) is 0 Å². The predicted molar refractivity (Wildman–Crippen MR) is 60.1 cm³/mol. The van der Waals surface area contributed by atoms with Crippen LogP contribution in [0.25, 0.3) is 0 Å². The van der Waals surface area contributed by atoms with E-state index in [1.165, 1.54) is 5.57 Å². The van der Waals surface area contributed by atoms with Crippen molar-refractivity contribution in [3.05, 3.63) is 24.3 Å². The fourth-order valence-corrected chi connectivity index (χ4v) is 2.20. The van der Waals surface area contributed by atoms with Crippen molar-refractivity contribution >= 4 is 5.78 Å². The van der Waals surface area contributed by atoms with Crippen LogP contribution in [0.5, 0.6) is 0 Å². The third kappa shape index (κ3) is 2.57. The van der Waals surface area contributed by atoms with E-state index in [1.54, 1.807) is 6.92 Å². The SMILES string of the molecule is C=C1C=CCC(C)(C)[C@@H]1CCC(C)=O. The first kappa shape index (κ1) is 11.2. The molecule has 0 aromatic heterocycles. The summed E-state index contributed by atoms with van der Waals surface area (Å²) in [4.78, 5) is 11.0. The van der Waals surface area contributed by atoms with E-state index >= 15 is 0 Å². The molecule has 0 aromatic carbocycles. The molecule has 78 valence electrons. The van der Waals surface area contributed by atoms with Gasteiger partial charge in [-0.05, 0) is 31.1 Å². The van der Waals surface area contributed by atoms with E-state index in [4.69, 9.17) is 0 Å². The Hall–Kier alpha value is -0.850. The Morgan fingerprint density at radius 2 is 2.29 bits per heavy atom. The van der Waals surface area contributed by atoms with Crippen LogP contribution in [0.4, 0.5) is 0 Å². The van der Waals surface area contributed by atoms with Gasteiger partial charge in [0.05, 0.1) is 0 Å². The van der Waals surface area contributed by atoms with Crippen LogP contribution in [0.1, 0.15) is 40.0 Å². The maximum atomic E-state index is 11.0. The van der Waals surface area contributed by atoms with E-state index < -0.39 is 0 Å². The molecule has 0 radical (unpaired) electrons. The van der Waals surface area contributed by atoms with Crippen LogP contribution in [0.15, 0.2) is 24.3 Å². The molecule has 1 atom stereocenters. The predicted octanol–water partition coefficient (Wildman–Crippen LogP) is 3.51. The van der Waals surface area contributed by atoms with Gasteiger partial charge < -0.3 is 4.79 Å². The van der Waals surface area contributed by atoms with E-state index in [0.29, 0.717) is 12.3 Å². The Morgan fingerprint density at radius 1 is 1.64 bits per heavy atom. The second-order valence-electron chi connectivity index (χ2n) is 4.96. The van der Waals surface area contributed by atoms with Gasteiger partial charge in [0.1, 0.15) is 5.78 Å². The van der Waals surface area contributed by atoms with Gasteiger partial charge in [-0.1, -0.05) is 38.2 Å². The lowest BCUT2D eigenvalue weighted by molar-refractivity contribution is -0.117. The van der Waals surface area contributed by atoms with Crippen LogP contribution < -0.4 is 0 Å². The molecular formula is C13H20O. The van der Waals surface area contributed by atoms with Crippen LogP contribution in [0.2, 0.25) is 0 Å². The molecular weight excluding hydrogens is 172 g/mol. The van der Waals surface area contributed by atoms with Crippen LogP contribution in [-0.4, -0.2) is 5.78 Å². The molecule has 0 saturated heterocycles. The van der Waals surface area contributed by atoms with Crippen LogP contribution in [0, 0.1) is 11.3 Å². The Kier molecular flexibility index (Phi) is 3.30. The van der Waals surface area contributed by atoms with Crippen molar-refractivity contribution in [3.63, 3.8) is 0 Å². The molecule has 0 bridgehead atoms. The second-order valence-corrected chi connectivity index (χ2v) is 4.96. The van der Waals surface area contributed by atoms with E-state index in [0.717, 1.165) is 12.8 Å². The highest BCUT2D eigenvalue weighted by Crippen LogP contribution is 2.42. The number of ketones is 1. The summed E-state index contributed by atoms with van der Waals surface area (Å²) in [5.41, 5.74) is 1.45. The Morgan fingerprint density at radius 3 is 2.79 bits per heavy atom. The number of hydrogen-bond acceptors (Lipinski definition) is 1. The second kappa shape index (κ2) is 4.12. The normalized spacial score (nSPS) is 25.1. The van der Waals surface area contributed by atoms with Gasteiger partial charge in [-0.25, -0.2) is 0 Å². The van der Waals surface area contributed by atoms with E-state index in [9.17, 15) is 4.79 Å². The molecule has 1 aliphatic carbocycles. The summed E-state index contributed by atoms with van der Waals surface area (Å²) in [6, 6.07) is 0. The van der Waals surface area contributed by atoms with Crippen molar-refractivity contribution < 1.29 is 4.79 Å². The molecule has 0 saturated carbocycles. The fraction of sp³-hybridized carbons (Fsp3) is 0.615. The van der Waals surface area contributed by atoms with Crippen molar-refractivity contribution in [1.82, 2.24) is 0 Å². The summed E-state index contributed by atoms with van der Waals surface area (Å²) in [5.74, 6) is 0.750. The first-order valence-corrected chi connectivity index (χ1v) is 5.28. The third-order valence-electron chi connectivity index (χ3n) is 3.15. The minimum atomic E-state index is 0.265. The third-order valence-corrected chi connectivity index (χ3v) is 3.15. The van der Waals surface area contributed by atoms with Crippen molar-refractivity contribution in [3.8, 4) is 0 Å². The zero-order chi connectivity index (χ0) is 10.8. The molecule has 0 heterocycles. The Balaban J connectivity index is 2.68. The van der Waals surface area contributed by atoms with Gasteiger partial charge in [0, 0.05) is 6.42 Å². The maximum Gasteiger partial charge on any atom is 0.129 e. The molecule has 0 amide bonds. The highest BCUT2D eigenvalue weighted by Gasteiger charge is 2.31. The first-order valence-electron chi connectivity index (χ1n) is 5.28. The summed E-state index contributed by atoms with van der Waals surface area (Å²) >= 11 is 0. The van der Waals surface area contributed by atoms with E-state index in [2.05, 4.69) is 32.6 Å². The van der Waals surface area contributed by atoms with Crippen LogP contribution in [0.3, 0.4) is 0 Å². The standard InChI is InChI=1S/C13H20O/c1-10-6-5-9-13(3,4)12(10)8-7-11(2)14/h5-6,12H,1,7-9H2,2-4H3/t12-/m1/s1. The summed E-state index contributed by atoms with van der Waals surface area (Å²) in [7, 11) is 0. The summed E-state index contributed by atoms with van der Waals surface area (Å²) in [6.07, 6.45) is 7.02. The molecule has 1 rings (SSSR count). The van der Waals surface area contributed by atoms with Gasteiger partial charge in [-0.15, -0.1) is 0 Å². The highest BCUT2D eigenvalue weighted by atomic mass is 16.1. The smallest absolute Gasteiger partial charge is 0.129 e. The highest BCUT2D eigenvalue weighted by molar-refractivity contribution is 5.75. The first-order chi connectivity index (χ1) is 6.43. The average Bonchev–Trinajstić information content (AvgIpc) is 2.01. The molecule has 0 fully saturated rings. The molecule has 1 aliphatic rings. The zero-order valence-corrected chi connectivity index (χ0v) is 9.47. The lowest BCUT2D eigenvalue weighted by Crippen LogP contribution is -2.27. The lowest BCUT2D eigenvalue weighted by Gasteiger charge is -2.37. The molecule has 1 heteroatoms. The van der Waals surface area contributed by atoms with Crippen molar-refractivity contribution in [2.45, 2.75) is 40.0 Å². The van der Waals surface area contributed by atoms with Gasteiger partial charge in [0.15, 0.2) is 0 Å². The average molecular weight is 192 g/mol. The number of carbonyl (C=O) groups is 1. The van der Waals surface area contributed by atoms with Crippen molar-refractivity contribution in [2.24, 2.45) is 11.3 Å². The van der Waals surface area contributed by atoms with Gasteiger partial charge in [-0.2, -0.15) is 0 Å². The lowest BCUT2D eigenvalue weighted by atomic mass is 9.68. The number of allylic oxidation sites excluding steroid dienone is 3. The van der Waals surface area contributed by atoms with Crippen LogP contribution >= 0.6 is 0 Å². The molecule has 0 N–H and O–H groups in total. The number of Topliss-reactive ketones (excluding diaryl/α,β-unsaturated/α-hetero) is 1. The molecule has 0 spiro atoms. The molecule has 0 unspecified atom stereocenters. The van der Waals surface area contributed by atoms with Gasteiger partial charge >= 0.3 is 0 Å². The molecule has 0 aromatic rings. The number of rotatable bonds is 3. The van der Waals surface area contributed by atoms with E-state index in [1.807, 2.05) is 0 Å². The Bertz CT molecular complexity index is 271. The monoisotopic (exact) mass is 192 g/mol. The quantitative estimate of drug-likeness (QED) is 0.668. The number of carbonyl (C=O) groups excluding carboxylic acids is 1. The summed E-state index contributed by atoms with van der Waals surface area (Å²) in [6.45, 7) is 10.2. The van der Waals surface area contributed by atoms with Gasteiger partial charge in [0.25, 0.3) is 0 Å². The largest absolute Gasteiger partial charge is 0.300 e. The summed E-state index contributed by atoms with van der Waals surface area (Å²) in [5, 5.41) is 0. The topological polar surface area (TPSA) is 17.1 Å². The fourth-order valence-electron chi connectivity index (χ4n) is 2.20. The van der Waals surface area contributed by atoms with Crippen LogP contribution in [-0.2, 0) is 4.79 Å². The van der Waals surface area contributed by atoms with Crippen molar-refractivity contribution in [2.75, 3.05) is 0 Å². The maximum absolute atomic E-state index is 11.0. The summed E-state index contributed by atoms with van der Waals surface area (Å²) < 4.78 is 0. The minimum Gasteiger partial charge on any atom is -0.300 e. The number of hydrogen-bond donors (Lipinski definition) is 0. The molecule has 0 aliphatic heterocycles. The molecule has 14 heavy (non-hydrogen) atoms.